The number of benzene rings is 1. The van der Waals surface area contributed by atoms with Gasteiger partial charge in [0.15, 0.2) is 0 Å². The van der Waals surface area contributed by atoms with Crippen LogP contribution in [0, 0.1) is 11.3 Å². The van der Waals surface area contributed by atoms with Gasteiger partial charge in [-0.25, -0.2) is 4.98 Å². The van der Waals surface area contributed by atoms with Gasteiger partial charge in [-0.1, -0.05) is 23.7 Å². The Labute approximate surface area is 145 Å². The first-order valence-electron chi connectivity index (χ1n) is 7.86. The summed E-state index contributed by atoms with van der Waals surface area (Å²) in [5.74, 6) is 0.735. The third-order valence-electron chi connectivity index (χ3n) is 4.14. The molecule has 6 nitrogen and oxygen atoms in total. The van der Waals surface area contributed by atoms with Crippen molar-refractivity contribution in [2.24, 2.45) is 0 Å². The summed E-state index contributed by atoms with van der Waals surface area (Å²) in [5, 5.41) is 11.8. The molecule has 0 unspecified atom stereocenters. The Hall–Kier alpha value is -2.36. The Bertz CT molecular complexity index is 749. The van der Waals surface area contributed by atoms with E-state index < -0.39 is 0 Å². The monoisotopic (exact) mass is 343 g/mol. The molecule has 1 fully saturated rings. The molecule has 2 aromatic rings. The van der Waals surface area contributed by atoms with E-state index in [-0.39, 0.29) is 25.0 Å². The minimum Gasteiger partial charge on any atom is -0.342 e. The second-order valence-electron chi connectivity index (χ2n) is 5.75. The van der Waals surface area contributed by atoms with Crippen LogP contribution in [0.4, 0.5) is 0 Å². The predicted molar refractivity (Wildman–Crippen MR) is 91.2 cm³/mol. The number of nitrogens with zero attached hydrogens (tertiary/aromatic N) is 3. The largest absolute Gasteiger partial charge is 0.342 e. The lowest BCUT2D eigenvalue weighted by Gasteiger charge is -2.21. The van der Waals surface area contributed by atoms with E-state index in [1.807, 2.05) is 36.5 Å². The molecule has 0 saturated carbocycles. The van der Waals surface area contributed by atoms with Crippen molar-refractivity contribution in [3.05, 3.63) is 41.3 Å². The van der Waals surface area contributed by atoms with Crippen molar-refractivity contribution in [1.82, 2.24) is 20.2 Å². The van der Waals surface area contributed by atoms with Gasteiger partial charge in [-0.3, -0.25) is 9.69 Å². The zero-order valence-electron chi connectivity index (χ0n) is 13.1. The minimum atomic E-state index is -0.132. The molecule has 124 valence electrons. The number of nitrogens with one attached hydrogen (secondary N) is 2. The molecule has 1 aromatic heterocycles. The molecular weight excluding hydrogens is 326 g/mol. The second kappa shape index (κ2) is 7.47. The van der Waals surface area contributed by atoms with E-state index in [1.54, 1.807) is 0 Å². The van der Waals surface area contributed by atoms with Gasteiger partial charge in [0.05, 0.1) is 30.5 Å². The van der Waals surface area contributed by atoms with Crippen molar-refractivity contribution in [3.63, 3.8) is 0 Å². The fourth-order valence-electron chi connectivity index (χ4n) is 2.99. The number of nitriles is 1. The van der Waals surface area contributed by atoms with Crippen molar-refractivity contribution < 1.29 is 4.79 Å². The zero-order chi connectivity index (χ0) is 16.9. The maximum absolute atomic E-state index is 11.8. The van der Waals surface area contributed by atoms with Crippen molar-refractivity contribution in [2.75, 3.05) is 19.6 Å². The first-order valence-corrected chi connectivity index (χ1v) is 8.23. The Kier molecular flexibility index (Phi) is 5.14. The smallest absolute Gasteiger partial charge is 0.235 e. The van der Waals surface area contributed by atoms with Crippen LogP contribution in [0.3, 0.4) is 0 Å². The molecule has 3 rings (SSSR count). The average Bonchev–Trinajstić information content (AvgIpc) is 3.22. The predicted octanol–water partition coefficient (Wildman–Crippen LogP) is 2.51. The van der Waals surface area contributed by atoms with Gasteiger partial charge < -0.3 is 10.3 Å². The summed E-state index contributed by atoms with van der Waals surface area (Å²) >= 11 is 5.92. The highest BCUT2D eigenvalue weighted by Crippen LogP contribution is 2.31. The van der Waals surface area contributed by atoms with Crippen molar-refractivity contribution in [2.45, 2.75) is 18.9 Å². The normalized spacial score (nSPS) is 17.6. The van der Waals surface area contributed by atoms with Crippen LogP contribution >= 0.6 is 11.6 Å². The fourth-order valence-corrected chi connectivity index (χ4v) is 3.11. The van der Waals surface area contributed by atoms with E-state index in [9.17, 15) is 4.79 Å². The number of carbonyl (C=O) groups is 1. The van der Waals surface area contributed by atoms with E-state index in [2.05, 4.69) is 20.2 Å². The number of carbonyl (C=O) groups excluding carboxylic acids is 1. The first-order chi connectivity index (χ1) is 11.7. The van der Waals surface area contributed by atoms with E-state index in [0.717, 1.165) is 36.5 Å². The van der Waals surface area contributed by atoms with E-state index in [4.69, 9.17) is 16.9 Å². The topological polar surface area (TPSA) is 84.8 Å². The second-order valence-corrected chi connectivity index (χ2v) is 6.19. The first kappa shape index (κ1) is 16.5. The molecule has 1 aliphatic rings. The van der Waals surface area contributed by atoms with E-state index in [1.165, 1.54) is 0 Å². The lowest BCUT2D eigenvalue weighted by molar-refractivity contribution is -0.122. The third-order valence-corrected chi connectivity index (χ3v) is 4.39. The summed E-state index contributed by atoms with van der Waals surface area (Å²) in [6.07, 6.45) is 3.79. The number of H-pyrrole nitrogens is 1. The van der Waals surface area contributed by atoms with Gasteiger partial charge in [0.2, 0.25) is 5.91 Å². The lowest BCUT2D eigenvalue weighted by Crippen LogP contribution is -2.37. The van der Waals surface area contributed by atoms with Crippen LogP contribution in [0.2, 0.25) is 5.02 Å². The molecule has 2 N–H and O–H groups in total. The molecule has 7 heteroatoms. The molecule has 0 radical (unpaired) electrons. The Morgan fingerprint density at radius 3 is 3.00 bits per heavy atom. The van der Waals surface area contributed by atoms with E-state index in [0.29, 0.717) is 5.02 Å². The van der Waals surface area contributed by atoms with Gasteiger partial charge in [-0.2, -0.15) is 5.26 Å². The van der Waals surface area contributed by atoms with Crippen LogP contribution in [0.25, 0.3) is 11.3 Å². The van der Waals surface area contributed by atoms with Crippen LogP contribution in [-0.2, 0) is 4.79 Å². The highest BCUT2D eigenvalue weighted by atomic mass is 35.5. The maximum atomic E-state index is 11.8. The highest BCUT2D eigenvalue weighted by Gasteiger charge is 2.29. The molecule has 24 heavy (non-hydrogen) atoms. The van der Waals surface area contributed by atoms with Crippen molar-refractivity contribution >= 4 is 17.5 Å². The minimum absolute atomic E-state index is 0.0405. The molecular formula is C17H18ClN5O. The number of hydrogen-bond acceptors (Lipinski definition) is 4. The Balaban J connectivity index is 1.70. The zero-order valence-corrected chi connectivity index (χ0v) is 13.9. The molecule has 2 heterocycles. The lowest BCUT2D eigenvalue weighted by atomic mass is 10.2. The molecule has 1 atom stereocenters. The van der Waals surface area contributed by atoms with Gasteiger partial charge in [-0.15, -0.1) is 0 Å². The number of imidazole rings is 1. The van der Waals surface area contributed by atoms with Crippen LogP contribution in [-0.4, -0.2) is 40.4 Å². The van der Waals surface area contributed by atoms with Crippen molar-refractivity contribution in [1.29, 1.82) is 5.26 Å². The molecule has 1 saturated heterocycles. The number of halogens is 1. The van der Waals surface area contributed by atoms with Crippen LogP contribution in [0.15, 0.2) is 30.5 Å². The molecule has 1 amide bonds. The third kappa shape index (κ3) is 3.75. The number of rotatable bonds is 5. The summed E-state index contributed by atoms with van der Waals surface area (Å²) in [7, 11) is 0. The van der Waals surface area contributed by atoms with E-state index >= 15 is 0 Å². The summed E-state index contributed by atoms with van der Waals surface area (Å²) in [5.41, 5.74) is 1.96. The quantitative estimate of drug-likeness (QED) is 0.817. The van der Waals surface area contributed by atoms with Crippen LogP contribution < -0.4 is 5.32 Å². The van der Waals surface area contributed by atoms with Crippen molar-refractivity contribution in [3.8, 4) is 17.3 Å². The highest BCUT2D eigenvalue weighted by molar-refractivity contribution is 6.30. The summed E-state index contributed by atoms with van der Waals surface area (Å²) in [6.45, 7) is 1.17. The van der Waals surface area contributed by atoms with Gasteiger partial charge in [0, 0.05) is 5.02 Å². The van der Waals surface area contributed by atoms with Gasteiger partial charge >= 0.3 is 0 Å². The van der Waals surface area contributed by atoms with Gasteiger partial charge in [-0.05, 0) is 37.1 Å². The summed E-state index contributed by atoms with van der Waals surface area (Å²) in [4.78, 5) is 21.8. The number of hydrogen-bond donors (Lipinski definition) is 2. The fraction of sp³-hybridized carbons (Fsp3) is 0.353. The standard InChI is InChI=1S/C17H18ClN5O/c18-13-5-3-12(4-6-13)14-10-21-17(22-14)15-2-1-9-23(15)11-16(24)20-8-7-19/h3-6,10,15H,1-2,8-9,11H2,(H,20,24)(H,21,22)/t15-/m0/s1. The Morgan fingerprint density at radius 1 is 1.46 bits per heavy atom. The number of likely N-dealkylation sites (tertiary alicyclic amines) is 1. The average molecular weight is 344 g/mol. The molecule has 1 aromatic carbocycles. The SMILES string of the molecule is N#CCNC(=O)CN1CCC[C@H]1c1ncc(-c2ccc(Cl)cc2)[nH]1. The molecule has 0 spiro atoms. The van der Waals surface area contributed by atoms with Crippen LogP contribution in [0.1, 0.15) is 24.7 Å². The van der Waals surface area contributed by atoms with Gasteiger partial charge in [0.25, 0.3) is 0 Å². The van der Waals surface area contributed by atoms with Crippen LogP contribution in [0.5, 0.6) is 0 Å². The number of aromatic amines is 1. The molecule has 0 bridgehead atoms. The van der Waals surface area contributed by atoms with Gasteiger partial charge in [0.1, 0.15) is 12.4 Å². The molecule has 0 aliphatic carbocycles. The Morgan fingerprint density at radius 2 is 2.25 bits per heavy atom. The summed E-state index contributed by atoms with van der Waals surface area (Å²) in [6, 6.07) is 9.59. The number of aromatic nitrogens is 2. The molecule has 1 aliphatic heterocycles. The summed E-state index contributed by atoms with van der Waals surface area (Å²) < 4.78 is 0. The maximum Gasteiger partial charge on any atom is 0.235 e. The number of amides is 1.